The van der Waals surface area contributed by atoms with Crippen LogP contribution in [0.25, 0.3) is 5.69 Å². The molecule has 0 spiro atoms. The summed E-state index contributed by atoms with van der Waals surface area (Å²) in [4.78, 5) is 0.182. The van der Waals surface area contributed by atoms with Crippen molar-refractivity contribution in [3.63, 3.8) is 0 Å². The molecule has 0 fully saturated rings. The molecule has 90 valence electrons. The molecule has 0 aliphatic heterocycles. The molecule has 1 heterocycles. The number of anilines is 1. The first-order chi connectivity index (χ1) is 7.88. The molecular formula is C10H10BrN3O2S. The number of nitrogen functional groups attached to an aromatic ring is 1. The number of rotatable bonds is 2. The Balaban J connectivity index is 2.51. The van der Waals surface area contributed by atoms with E-state index < -0.39 is 9.84 Å². The number of halogens is 1. The zero-order valence-electron chi connectivity index (χ0n) is 8.96. The minimum Gasteiger partial charge on any atom is -0.399 e. The maximum atomic E-state index is 11.3. The van der Waals surface area contributed by atoms with Crippen LogP contribution in [0, 0.1) is 0 Å². The monoisotopic (exact) mass is 315 g/mol. The van der Waals surface area contributed by atoms with E-state index in [9.17, 15) is 8.42 Å². The van der Waals surface area contributed by atoms with Crippen molar-refractivity contribution >= 4 is 31.5 Å². The minimum atomic E-state index is -3.23. The Morgan fingerprint density at radius 2 is 2.12 bits per heavy atom. The Hall–Kier alpha value is -1.34. The second kappa shape index (κ2) is 4.15. The summed E-state index contributed by atoms with van der Waals surface area (Å²) in [5, 5.41) is 4.01. The van der Waals surface area contributed by atoms with Crippen molar-refractivity contribution in [3.05, 3.63) is 35.1 Å². The molecule has 2 aromatic rings. The third-order valence-electron chi connectivity index (χ3n) is 2.21. The predicted molar refractivity (Wildman–Crippen MR) is 68.8 cm³/mol. The zero-order valence-corrected chi connectivity index (χ0v) is 11.4. The first-order valence-corrected chi connectivity index (χ1v) is 7.36. The summed E-state index contributed by atoms with van der Waals surface area (Å²) in [5.74, 6) is 0. The largest absolute Gasteiger partial charge is 0.399 e. The summed E-state index contributed by atoms with van der Waals surface area (Å²) in [6.45, 7) is 0. The molecule has 0 aliphatic rings. The average molecular weight is 316 g/mol. The van der Waals surface area contributed by atoms with E-state index in [1.54, 1.807) is 18.2 Å². The second-order valence-corrected chi connectivity index (χ2v) is 6.47. The summed E-state index contributed by atoms with van der Waals surface area (Å²) in [6, 6.07) is 5.22. The smallest absolute Gasteiger partial charge is 0.178 e. The van der Waals surface area contributed by atoms with Crippen LogP contribution < -0.4 is 5.73 Å². The van der Waals surface area contributed by atoms with Crippen molar-refractivity contribution < 1.29 is 8.42 Å². The third kappa shape index (κ3) is 2.50. The number of aromatic nitrogens is 2. The van der Waals surface area contributed by atoms with Crippen LogP contribution in [0.4, 0.5) is 5.69 Å². The van der Waals surface area contributed by atoms with Crippen LogP contribution in [0.5, 0.6) is 0 Å². The van der Waals surface area contributed by atoms with Crippen LogP contribution in [0.15, 0.2) is 40.0 Å². The topological polar surface area (TPSA) is 78.0 Å². The Bertz CT molecular complexity index is 664. The molecule has 7 heteroatoms. The van der Waals surface area contributed by atoms with Gasteiger partial charge in [-0.3, -0.25) is 0 Å². The molecule has 1 aromatic carbocycles. The molecule has 0 aliphatic carbocycles. The molecule has 0 amide bonds. The molecule has 0 unspecified atom stereocenters. The molecule has 0 saturated heterocycles. The van der Waals surface area contributed by atoms with E-state index in [1.807, 2.05) is 0 Å². The van der Waals surface area contributed by atoms with E-state index in [1.165, 1.54) is 17.1 Å². The fourth-order valence-corrected chi connectivity index (χ4v) is 2.45. The lowest BCUT2D eigenvalue weighted by molar-refractivity contribution is 0.602. The summed E-state index contributed by atoms with van der Waals surface area (Å²) in [7, 11) is -3.23. The van der Waals surface area contributed by atoms with Gasteiger partial charge in [0.1, 0.15) is 4.90 Å². The van der Waals surface area contributed by atoms with Crippen molar-refractivity contribution in [2.45, 2.75) is 4.90 Å². The number of benzene rings is 1. The van der Waals surface area contributed by atoms with Gasteiger partial charge in [0.2, 0.25) is 0 Å². The number of hydrogen-bond donors (Lipinski definition) is 1. The van der Waals surface area contributed by atoms with Crippen molar-refractivity contribution in [1.82, 2.24) is 9.78 Å². The van der Waals surface area contributed by atoms with Gasteiger partial charge in [0, 0.05) is 22.6 Å². The van der Waals surface area contributed by atoms with E-state index in [0.717, 1.165) is 16.4 Å². The average Bonchev–Trinajstić information content (AvgIpc) is 2.65. The van der Waals surface area contributed by atoms with Crippen LogP contribution in [-0.2, 0) is 9.84 Å². The normalized spacial score (nSPS) is 11.6. The lowest BCUT2D eigenvalue weighted by Crippen LogP contribution is -1.98. The fraction of sp³-hybridized carbons (Fsp3) is 0.100. The fourth-order valence-electron chi connectivity index (χ4n) is 1.34. The van der Waals surface area contributed by atoms with Gasteiger partial charge >= 0.3 is 0 Å². The van der Waals surface area contributed by atoms with Crippen LogP contribution in [0.2, 0.25) is 0 Å². The Labute approximate surface area is 107 Å². The Kier molecular flexibility index (Phi) is 2.96. The van der Waals surface area contributed by atoms with E-state index >= 15 is 0 Å². The molecule has 1 aromatic heterocycles. The molecule has 0 atom stereocenters. The quantitative estimate of drug-likeness (QED) is 0.854. The lowest BCUT2D eigenvalue weighted by atomic mass is 10.3. The number of nitrogens with two attached hydrogens (primary N) is 1. The van der Waals surface area contributed by atoms with Crippen LogP contribution in [0.1, 0.15) is 0 Å². The SMILES string of the molecule is CS(=O)(=O)c1cnn(-c2ccc(N)cc2Br)c1. The maximum absolute atomic E-state index is 11.3. The van der Waals surface area contributed by atoms with Gasteiger partial charge in [-0.1, -0.05) is 0 Å². The van der Waals surface area contributed by atoms with Gasteiger partial charge < -0.3 is 5.73 Å². The molecule has 17 heavy (non-hydrogen) atoms. The van der Waals surface area contributed by atoms with Crippen LogP contribution >= 0.6 is 15.9 Å². The van der Waals surface area contributed by atoms with Gasteiger partial charge in [-0.25, -0.2) is 13.1 Å². The zero-order chi connectivity index (χ0) is 12.6. The van der Waals surface area contributed by atoms with Gasteiger partial charge in [-0.2, -0.15) is 5.10 Å². The molecular weight excluding hydrogens is 306 g/mol. The van der Waals surface area contributed by atoms with Gasteiger partial charge in [-0.05, 0) is 34.1 Å². The maximum Gasteiger partial charge on any atom is 0.178 e. The molecule has 2 N–H and O–H groups in total. The molecule has 0 bridgehead atoms. The summed E-state index contributed by atoms with van der Waals surface area (Å²) < 4.78 is 24.9. The van der Waals surface area contributed by atoms with Crippen molar-refractivity contribution in [2.24, 2.45) is 0 Å². The van der Waals surface area contributed by atoms with E-state index in [0.29, 0.717) is 5.69 Å². The van der Waals surface area contributed by atoms with Crippen LogP contribution in [-0.4, -0.2) is 24.5 Å². The van der Waals surface area contributed by atoms with Gasteiger partial charge in [-0.15, -0.1) is 0 Å². The summed E-state index contributed by atoms with van der Waals surface area (Å²) >= 11 is 3.35. The van der Waals surface area contributed by atoms with E-state index in [4.69, 9.17) is 5.73 Å². The Morgan fingerprint density at radius 1 is 1.41 bits per heavy atom. The van der Waals surface area contributed by atoms with Gasteiger partial charge in [0.25, 0.3) is 0 Å². The highest BCUT2D eigenvalue weighted by Gasteiger charge is 2.11. The number of nitrogens with zero attached hydrogens (tertiary/aromatic N) is 2. The predicted octanol–water partition coefficient (Wildman–Crippen LogP) is 1.62. The number of sulfone groups is 1. The standard InChI is InChI=1S/C10H10BrN3O2S/c1-17(15,16)8-5-13-14(6-8)10-3-2-7(12)4-9(10)11/h2-6H,12H2,1H3. The highest BCUT2D eigenvalue weighted by molar-refractivity contribution is 9.10. The van der Waals surface area contributed by atoms with Crippen molar-refractivity contribution in [1.29, 1.82) is 0 Å². The first-order valence-electron chi connectivity index (χ1n) is 4.68. The van der Waals surface area contributed by atoms with Gasteiger partial charge in [0.15, 0.2) is 9.84 Å². The highest BCUT2D eigenvalue weighted by atomic mass is 79.9. The molecule has 0 radical (unpaired) electrons. The highest BCUT2D eigenvalue weighted by Crippen LogP contribution is 2.23. The lowest BCUT2D eigenvalue weighted by Gasteiger charge is -2.04. The van der Waals surface area contributed by atoms with Crippen LogP contribution in [0.3, 0.4) is 0 Å². The second-order valence-electron chi connectivity index (χ2n) is 3.60. The van der Waals surface area contributed by atoms with Crippen molar-refractivity contribution in [3.8, 4) is 5.69 Å². The van der Waals surface area contributed by atoms with E-state index in [-0.39, 0.29) is 4.90 Å². The third-order valence-corrected chi connectivity index (χ3v) is 3.91. The van der Waals surface area contributed by atoms with Gasteiger partial charge in [0.05, 0.1) is 11.9 Å². The van der Waals surface area contributed by atoms with Crippen molar-refractivity contribution in [2.75, 3.05) is 12.0 Å². The molecule has 5 nitrogen and oxygen atoms in total. The minimum absolute atomic E-state index is 0.182. The first kappa shape index (κ1) is 12.1. The molecule has 0 saturated carbocycles. The summed E-state index contributed by atoms with van der Waals surface area (Å²) in [5.41, 5.74) is 6.98. The molecule has 2 rings (SSSR count). The Morgan fingerprint density at radius 3 is 2.65 bits per heavy atom. The number of hydrogen-bond acceptors (Lipinski definition) is 4. The summed E-state index contributed by atoms with van der Waals surface area (Å²) in [6.07, 6.45) is 3.93. The van der Waals surface area contributed by atoms with E-state index in [2.05, 4.69) is 21.0 Å².